The first-order valence-corrected chi connectivity index (χ1v) is 6.95. The van der Waals surface area contributed by atoms with Gasteiger partial charge < -0.3 is 14.8 Å². The van der Waals surface area contributed by atoms with E-state index in [0.717, 1.165) is 15.4 Å². The number of hydrogen-bond donors (Lipinski definition) is 2. The van der Waals surface area contributed by atoms with E-state index in [1.807, 2.05) is 23.6 Å². The summed E-state index contributed by atoms with van der Waals surface area (Å²) in [6.07, 6.45) is 0.720. The monoisotopic (exact) mass is 278 g/mol. The van der Waals surface area contributed by atoms with Crippen LogP contribution in [-0.4, -0.2) is 31.8 Å². The van der Waals surface area contributed by atoms with Crippen LogP contribution in [0.3, 0.4) is 0 Å². The number of hydrogen-bond acceptors (Lipinski definition) is 4. The average molecular weight is 278 g/mol. The van der Waals surface area contributed by atoms with Gasteiger partial charge in [0.25, 0.3) is 0 Å². The minimum Gasteiger partial charge on any atom is -0.476 e. The van der Waals surface area contributed by atoms with Gasteiger partial charge in [-0.15, -0.1) is 11.3 Å². The number of carboxylic acid groups (broad SMARTS) is 1. The van der Waals surface area contributed by atoms with Crippen molar-refractivity contribution in [3.8, 4) is 10.7 Å². The van der Waals surface area contributed by atoms with Gasteiger partial charge in [0.2, 0.25) is 0 Å². The van der Waals surface area contributed by atoms with Crippen molar-refractivity contribution in [1.82, 2.24) is 9.55 Å². The number of aryl methyl sites for hydroxylation is 1. The highest BCUT2D eigenvalue weighted by Gasteiger charge is 2.28. The van der Waals surface area contributed by atoms with Gasteiger partial charge in [0, 0.05) is 4.88 Å². The fourth-order valence-corrected chi connectivity index (χ4v) is 3.32. The van der Waals surface area contributed by atoms with E-state index in [-0.39, 0.29) is 5.69 Å². The molecule has 1 atom stereocenters. The van der Waals surface area contributed by atoms with Gasteiger partial charge in [-0.1, -0.05) is 0 Å². The van der Waals surface area contributed by atoms with Crippen LogP contribution in [-0.2, 0) is 13.0 Å². The zero-order valence-corrected chi connectivity index (χ0v) is 11.3. The third-order valence-electron chi connectivity index (χ3n) is 3.34. The Hall–Kier alpha value is -1.66. The highest BCUT2D eigenvalue weighted by molar-refractivity contribution is 7.15. The van der Waals surface area contributed by atoms with Crippen molar-refractivity contribution in [3.05, 3.63) is 28.4 Å². The first-order valence-electron chi connectivity index (χ1n) is 6.14. The minimum atomic E-state index is -1.00. The molecule has 5 nitrogen and oxygen atoms in total. The Morgan fingerprint density at radius 3 is 2.95 bits per heavy atom. The Balaban J connectivity index is 2.17. The molecule has 1 aliphatic rings. The van der Waals surface area contributed by atoms with Gasteiger partial charge in [-0.05, 0) is 31.9 Å². The van der Waals surface area contributed by atoms with E-state index in [2.05, 4.69) is 4.98 Å². The van der Waals surface area contributed by atoms with Crippen LogP contribution >= 0.6 is 11.3 Å². The van der Waals surface area contributed by atoms with Crippen molar-refractivity contribution < 1.29 is 15.0 Å². The number of aliphatic hydroxyl groups excluding tert-OH is 1. The highest BCUT2D eigenvalue weighted by Crippen LogP contribution is 2.31. The lowest BCUT2D eigenvalue weighted by atomic mass is 10.1. The number of aliphatic hydroxyl groups is 1. The fraction of sp³-hybridized carbons (Fsp3) is 0.385. The summed E-state index contributed by atoms with van der Waals surface area (Å²) >= 11 is 1.58. The van der Waals surface area contributed by atoms with Gasteiger partial charge >= 0.3 is 5.97 Å². The van der Waals surface area contributed by atoms with E-state index < -0.39 is 12.1 Å². The maximum absolute atomic E-state index is 11.3. The molecule has 2 aromatic heterocycles. The summed E-state index contributed by atoms with van der Waals surface area (Å²) in [4.78, 5) is 17.6. The first-order chi connectivity index (χ1) is 9.06. The molecular weight excluding hydrogens is 264 g/mol. The molecule has 1 unspecified atom stereocenters. The lowest BCUT2D eigenvalue weighted by Crippen LogP contribution is -2.25. The van der Waals surface area contributed by atoms with Crippen molar-refractivity contribution in [2.24, 2.45) is 0 Å². The second-order valence-electron chi connectivity index (χ2n) is 4.75. The number of imidazole rings is 1. The molecule has 0 amide bonds. The SMILES string of the molecule is Cc1ccc(-c2nc(C(=O)O)c3n2CC(O)CC3)s1. The van der Waals surface area contributed by atoms with E-state index in [9.17, 15) is 15.0 Å². The maximum Gasteiger partial charge on any atom is 0.356 e. The lowest BCUT2D eigenvalue weighted by molar-refractivity contribution is 0.0686. The molecule has 3 heterocycles. The van der Waals surface area contributed by atoms with Crippen LogP contribution in [0.4, 0.5) is 0 Å². The van der Waals surface area contributed by atoms with E-state index in [4.69, 9.17) is 0 Å². The predicted octanol–water partition coefficient (Wildman–Crippen LogP) is 1.93. The van der Waals surface area contributed by atoms with E-state index in [1.54, 1.807) is 11.3 Å². The predicted molar refractivity (Wildman–Crippen MR) is 71.6 cm³/mol. The molecule has 0 radical (unpaired) electrons. The van der Waals surface area contributed by atoms with Gasteiger partial charge in [0.15, 0.2) is 11.5 Å². The smallest absolute Gasteiger partial charge is 0.356 e. The summed E-state index contributed by atoms with van der Waals surface area (Å²) in [5.41, 5.74) is 0.840. The Morgan fingerprint density at radius 1 is 1.53 bits per heavy atom. The van der Waals surface area contributed by atoms with Gasteiger partial charge in [0.05, 0.1) is 23.2 Å². The Bertz CT molecular complexity index is 644. The minimum absolute atomic E-state index is 0.118. The summed E-state index contributed by atoms with van der Waals surface area (Å²) in [6, 6.07) is 3.93. The summed E-state index contributed by atoms with van der Waals surface area (Å²) in [5.74, 6) is -0.344. The molecule has 3 rings (SSSR count). The number of aromatic carboxylic acids is 1. The normalized spacial score (nSPS) is 18.3. The first kappa shape index (κ1) is 12.4. The van der Waals surface area contributed by atoms with E-state index in [0.29, 0.717) is 25.2 Å². The molecule has 0 saturated heterocycles. The molecule has 2 aromatic rings. The molecule has 0 aliphatic carbocycles. The molecule has 2 N–H and O–H groups in total. The Kier molecular flexibility index (Phi) is 2.91. The zero-order valence-electron chi connectivity index (χ0n) is 10.5. The molecule has 0 saturated carbocycles. The number of aromatic nitrogens is 2. The molecule has 0 fully saturated rings. The molecule has 0 bridgehead atoms. The van der Waals surface area contributed by atoms with Crippen LogP contribution < -0.4 is 0 Å². The van der Waals surface area contributed by atoms with Crippen molar-refractivity contribution in [1.29, 1.82) is 0 Å². The van der Waals surface area contributed by atoms with Crippen LogP contribution in [0.15, 0.2) is 12.1 Å². The lowest BCUT2D eigenvalue weighted by Gasteiger charge is -2.21. The number of carbonyl (C=O) groups is 1. The molecule has 0 aromatic carbocycles. The van der Waals surface area contributed by atoms with E-state index >= 15 is 0 Å². The summed E-state index contributed by atoms with van der Waals surface area (Å²) in [7, 11) is 0. The van der Waals surface area contributed by atoms with Crippen molar-refractivity contribution in [2.45, 2.75) is 32.4 Å². The van der Waals surface area contributed by atoms with Crippen LogP contribution in [0.25, 0.3) is 10.7 Å². The summed E-state index contributed by atoms with van der Waals surface area (Å²) in [5, 5.41) is 19.0. The largest absolute Gasteiger partial charge is 0.476 e. The molecule has 1 aliphatic heterocycles. The number of carboxylic acids is 1. The third kappa shape index (κ3) is 2.06. The van der Waals surface area contributed by atoms with Gasteiger partial charge in [0.1, 0.15) is 0 Å². The van der Waals surface area contributed by atoms with Crippen LogP contribution in [0.1, 0.15) is 27.5 Å². The van der Waals surface area contributed by atoms with Crippen molar-refractivity contribution in [3.63, 3.8) is 0 Å². The maximum atomic E-state index is 11.3. The molecule has 0 spiro atoms. The van der Waals surface area contributed by atoms with Crippen LogP contribution in [0.5, 0.6) is 0 Å². The zero-order chi connectivity index (χ0) is 13.6. The summed E-state index contributed by atoms with van der Waals surface area (Å²) in [6.45, 7) is 2.42. The van der Waals surface area contributed by atoms with Gasteiger partial charge in [-0.25, -0.2) is 9.78 Å². The highest BCUT2D eigenvalue weighted by atomic mass is 32.1. The van der Waals surface area contributed by atoms with Crippen molar-refractivity contribution in [2.75, 3.05) is 0 Å². The molecule has 19 heavy (non-hydrogen) atoms. The molecule has 100 valence electrons. The number of rotatable bonds is 2. The van der Waals surface area contributed by atoms with E-state index in [1.165, 1.54) is 0 Å². The number of fused-ring (bicyclic) bond motifs is 1. The van der Waals surface area contributed by atoms with Gasteiger partial charge in [-0.3, -0.25) is 0 Å². The molecule has 6 heteroatoms. The summed E-state index contributed by atoms with van der Waals surface area (Å²) < 4.78 is 1.85. The second-order valence-corrected chi connectivity index (χ2v) is 6.04. The van der Waals surface area contributed by atoms with Crippen LogP contribution in [0, 0.1) is 6.92 Å². The number of thiophene rings is 1. The van der Waals surface area contributed by atoms with Crippen LogP contribution in [0.2, 0.25) is 0 Å². The third-order valence-corrected chi connectivity index (χ3v) is 4.34. The standard InChI is InChI=1S/C13H14N2O3S/c1-7-2-5-10(19-7)12-14-11(13(17)18)9-4-3-8(16)6-15(9)12/h2,5,8,16H,3-4,6H2,1H3,(H,17,18). The Morgan fingerprint density at radius 2 is 2.32 bits per heavy atom. The average Bonchev–Trinajstić information content (AvgIpc) is 2.92. The van der Waals surface area contributed by atoms with Crippen molar-refractivity contribution >= 4 is 17.3 Å². The second kappa shape index (κ2) is 4.47. The number of nitrogens with zero attached hydrogens (tertiary/aromatic N) is 2. The topological polar surface area (TPSA) is 75.3 Å². The molecular formula is C13H14N2O3S. The van der Waals surface area contributed by atoms with Gasteiger partial charge in [-0.2, -0.15) is 0 Å². The fourth-order valence-electron chi connectivity index (χ4n) is 2.46. The quantitative estimate of drug-likeness (QED) is 0.880. The Labute approximate surface area is 114 Å².